The van der Waals surface area contributed by atoms with Crippen LogP contribution in [0.4, 0.5) is 5.82 Å². The fourth-order valence-corrected chi connectivity index (χ4v) is 2.92. The molecule has 3 aromatic heterocycles. The summed E-state index contributed by atoms with van der Waals surface area (Å²) >= 11 is 12.4. The molecule has 136 valence electrons. The molecule has 0 aliphatic carbocycles. The molecule has 2 N–H and O–H groups in total. The Kier molecular flexibility index (Phi) is 4.70. The molecular weight excluding hydrogens is 389 g/mol. The molecule has 0 aliphatic rings. The number of aromatic nitrogens is 4. The number of rotatable bonds is 5. The summed E-state index contributed by atoms with van der Waals surface area (Å²) < 4.78 is 6.88. The Bertz CT molecular complexity index is 1090. The van der Waals surface area contributed by atoms with E-state index in [-0.39, 0.29) is 11.5 Å². The van der Waals surface area contributed by atoms with Crippen molar-refractivity contribution in [3.63, 3.8) is 0 Å². The largest absolute Gasteiger partial charge is 0.463 e. The van der Waals surface area contributed by atoms with Crippen LogP contribution in [0.3, 0.4) is 0 Å². The van der Waals surface area contributed by atoms with Crippen molar-refractivity contribution in [1.82, 2.24) is 20.0 Å². The minimum absolute atomic E-state index is 0.193. The second kappa shape index (κ2) is 7.30. The van der Waals surface area contributed by atoms with Gasteiger partial charge in [0.1, 0.15) is 10.7 Å². The molecule has 0 bridgehead atoms. The molecule has 4 rings (SSSR count). The van der Waals surface area contributed by atoms with Gasteiger partial charge in [0.2, 0.25) is 0 Å². The quantitative estimate of drug-likeness (QED) is 0.516. The van der Waals surface area contributed by atoms with Gasteiger partial charge in [0, 0.05) is 17.3 Å². The standard InChI is InChI=1S/C18H13Cl2N5O2/c19-12-5-2-1-4-11(12)9-25-10-13(20)17(24-25)21-18(26)15-8-14(22-23-15)16-6-3-7-27-16/h1-8,10H,9H2,(H,22,23)(H,21,24,26). The lowest BCUT2D eigenvalue weighted by atomic mass is 10.2. The van der Waals surface area contributed by atoms with Gasteiger partial charge in [-0.25, -0.2) is 0 Å². The van der Waals surface area contributed by atoms with Crippen molar-refractivity contribution in [2.75, 3.05) is 5.32 Å². The molecule has 0 radical (unpaired) electrons. The molecule has 1 amide bonds. The van der Waals surface area contributed by atoms with Crippen molar-refractivity contribution in [1.29, 1.82) is 0 Å². The van der Waals surface area contributed by atoms with E-state index in [1.54, 1.807) is 41.4 Å². The van der Waals surface area contributed by atoms with Gasteiger partial charge in [-0.15, -0.1) is 0 Å². The van der Waals surface area contributed by atoms with Crippen LogP contribution in [0.2, 0.25) is 10.0 Å². The SMILES string of the molecule is O=C(Nc1nn(Cc2ccccc2Cl)cc1Cl)c1cc(-c2ccco2)[nH]n1. The highest BCUT2D eigenvalue weighted by Crippen LogP contribution is 2.23. The van der Waals surface area contributed by atoms with E-state index < -0.39 is 5.91 Å². The van der Waals surface area contributed by atoms with Crippen LogP contribution < -0.4 is 5.32 Å². The van der Waals surface area contributed by atoms with Gasteiger partial charge in [0.05, 0.1) is 12.8 Å². The number of furan rings is 1. The fourth-order valence-electron chi connectivity index (χ4n) is 2.53. The Morgan fingerprint density at radius 1 is 1.19 bits per heavy atom. The van der Waals surface area contributed by atoms with Gasteiger partial charge >= 0.3 is 0 Å². The van der Waals surface area contributed by atoms with Crippen LogP contribution in [0.5, 0.6) is 0 Å². The maximum atomic E-state index is 12.4. The molecule has 1 aromatic carbocycles. The van der Waals surface area contributed by atoms with E-state index in [4.69, 9.17) is 27.6 Å². The van der Waals surface area contributed by atoms with Gasteiger partial charge in [-0.05, 0) is 23.8 Å². The first-order valence-corrected chi connectivity index (χ1v) is 8.73. The van der Waals surface area contributed by atoms with Crippen molar-refractivity contribution >= 4 is 34.9 Å². The number of aromatic amines is 1. The third-order valence-corrected chi connectivity index (χ3v) is 4.48. The number of amides is 1. The summed E-state index contributed by atoms with van der Waals surface area (Å²) in [6, 6.07) is 12.6. The Morgan fingerprint density at radius 3 is 2.81 bits per heavy atom. The molecule has 0 fully saturated rings. The molecule has 0 atom stereocenters. The van der Waals surface area contributed by atoms with Gasteiger partial charge in [0.15, 0.2) is 17.3 Å². The third kappa shape index (κ3) is 3.74. The highest BCUT2D eigenvalue weighted by atomic mass is 35.5. The lowest BCUT2D eigenvalue weighted by Gasteiger charge is -2.04. The van der Waals surface area contributed by atoms with Crippen LogP contribution in [-0.4, -0.2) is 25.9 Å². The number of nitrogens with zero attached hydrogens (tertiary/aromatic N) is 3. The minimum Gasteiger partial charge on any atom is -0.463 e. The van der Waals surface area contributed by atoms with Crippen LogP contribution in [0.25, 0.3) is 11.5 Å². The minimum atomic E-state index is -0.436. The maximum absolute atomic E-state index is 12.4. The monoisotopic (exact) mass is 401 g/mol. The molecule has 7 nitrogen and oxygen atoms in total. The molecule has 27 heavy (non-hydrogen) atoms. The Hall–Kier alpha value is -3.03. The predicted octanol–water partition coefficient (Wildman–Crippen LogP) is 4.47. The topological polar surface area (TPSA) is 88.7 Å². The zero-order chi connectivity index (χ0) is 18.8. The second-order valence-corrected chi connectivity index (χ2v) is 6.53. The lowest BCUT2D eigenvalue weighted by molar-refractivity contribution is 0.102. The average molecular weight is 402 g/mol. The van der Waals surface area contributed by atoms with E-state index in [0.717, 1.165) is 5.56 Å². The molecule has 0 spiro atoms. The van der Waals surface area contributed by atoms with Crippen LogP contribution in [0, 0.1) is 0 Å². The third-order valence-electron chi connectivity index (χ3n) is 3.84. The summed E-state index contributed by atoms with van der Waals surface area (Å²) in [6.07, 6.45) is 3.17. The molecule has 0 aliphatic heterocycles. The first-order valence-electron chi connectivity index (χ1n) is 7.97. The number of anilines is 1. The van der Waals surface area contributed by atoms with E-state index in [9.17, 15) is 4.79 Å². The van der Waals surface area contributed by atoms with E-state index in [1.807, 2.05) is 18.2 Å². The summed E-state index contributed by atoms with van der Waals surface area (Å²) in [5.74, 6) is 0.397. The first kappa shape index (κ1) is 17.4. The number of nitrogens with one attached hydrogen (secondary N) is 2. The van der Waals surface area contributed by atoms with E-state index in [1.165, 1.54) is 0 Å². The van der Waals surface area contributed by atoms with Gasteiger partial charge in [-0.3, -0.25) is 14.6 Å². The van der Waals surface area contributed by atoms with E-state index >= 15 is 0 Å². The highest BCUT2D eigenvalue weighted by Gasteiger charge is 2.16. The molecule has 0 saturated heterocycles. The fraction of sp³-hybridized carbons (Fsp3) is 0.0556. The van der Waals surface area contributed by atoms with Crippen LogP contribution in [0.15, 0.2) is 59.3 Å². The lowest BCUT2D eigenvalue weighted by Crippen LogP contribution is -2.13. The number of carbonyl (C=O) groups is 1. The summed E-state index contributed by atoms with van der Waals surface area (Å²) in [7, 11) is 0. The van der Waals surface area contributed by atoms with Crippen molar-refractivity contribution in [3.05, 3.63) is 76.2 Å². The summed E-state index contributed by atoms with van der Waals surface area (Å²) in [4.78, 5) is 12.4. The van der Waals surface area contributed by atoms with Gasteiger partial charge in [-0.2, -0.15) is 10.2 Å². The first-order chi connectivity index (χ1) is 13.1. The Balaban J connectivity index is 1.49. The number of halogens is 2. The maximum Gasteiger partial charge on any atom is 0.277 e. The number of hydrogen-bond acceptors (Lipinski definition) is 4. The van der Waals surface area contributed by atoms with E-state index in [2.05, 4.69) is 20.6 Å². The molecule has 3 heterocycles. The van der Waals surface area contributed by atoms with Crippen molar-refractivity contribution in [2.45, 2.75) is 6.54 Å². The average Bonchev–Trinajstić information content (AvgIpc) is 3.38. The highest BCUT2D eigenvalue weighted by molar-refractivity contribution is 6.33. The Morgan fingerprint density at radius 2 is 2.04 bits per heavy atom. The zero-order valence-corrected chi connectivity index (χ0v) is 15.3. The number of carbonyl (C=O) groups excluding carboxylic acids is 1. The number of hydrogen-bond donors (Lipinski definition) is 2. The summed E-state index contributed by atoms with van der Waals surface area (Å²) in [6.45, 7) is 0.431. The van der Waals surface area contributed by atoms with Crippen molar-refractivity contribution < 1.29 is 9.21 Å². The van der Waals surface area contributed by atoms with Gasteiger partial charge in [0.25, 0.3) is 5.91 Å². The van der Waals surface area contributed by atoms with Crippen LogP contribution in [0.1, 0.15) is 16.1 Å². The number of benzene rings is 1. The Labute approximate surface area is 163 Å². The predicted molar refractivity (Wildman–Crippen MR) is 102 cm³/mol. The summed E-state index contributed by atoms with van der Waals surface area (Å²) in [5.41, 5.74) is 1.69. The van der Waals surface area contributed by atoms with Crippen molar-refractivity contribution in [3.8, 4) is 11.5 Å². The molecular formula is C18H13Cl2N5O2. The second-order valence-electron chi connectivity index (χ2n) is 5.71. The van der Waals surface area contributed by atoms with E-state index in [0.29, 0.717) is 28.0 Å². The molecule has 0 saturated carbocycles. The van der Waals surface area contributed by atoms with Gasteiger partial charge < -0.3 is 9.73 Å². The smallest absolute Gasteiger partial charge is 0.277 e. The zero-order valence-electron chi connectivity index (χ0n) is 13.8. The molecule has 9 heteroatoms. The van der Waals surface area contributed by atoms with Crippen LogP contribution >= 0.6 is 23.2 Å². The van der Waals surface area contributed by atoms with Gasteiger partial charge in [-0.1, -0.05) is 41.4 Å². The molecule has 0 unspecified atom stereocenters. The number of H-pyrrole nitrogens is 1. The van der Waals surface area contributed by atoms with Crippen molar-refractivity contribution in [2.24, 2.45) is 0 Å². The normalized spacial score (nSPS) is 10.9. The van der Waals surface area contributed by atoms with Crippen LogP contribution in [-0.2, 0) is 6.54 Å². The summed E-state index contributed by atoms with van der Waals surface area (Å²) in [5, 5.41) is 14.7. The molecule has 4 aromatic rings.